The van der Waals surface area contributed by atoms with Crippen molar-refractivity contribution in [1.82, 2.24) is 10.2 Å². The lowest BCUT2D eigenvalue weighted by Crippen LogP contribution is -2.36. The third kappa shape index (κ3) is 4.79. The van der Waals surface area contributed by atoms with E-state index in [0.29, 0.717) is 18.7 Å². The summed E-state index contributed by atoms with van der Waals surface area (Å²) >= 11 is -1.80. The molecule has 0 bridgehead atoms. The first-order chi connectivity index (χ1) is 14.7. The Balaban J connectivity index is 1.88. The van der Waals surface area contributed by atoms with Gasteiger partial charge >= 0.3 is 0 Å². The van der Waals surface area contributed by atoms with Crippen LogP contribution in [0.4, 0.5) is 5.69 Å². The Morgan fingerprint density at radius 3 is 2.55 bits per heavy atom. The maximum atomic E-state index is 12.6. The smallest absolute Gasteiger partial charge is 0.269 e. The van der Waals surface area contributed by atoms with Crippen molar-refractivity contribution < 1.29 is 18.5 Å². The van der Waals surface area contributed by atoms with Crippen LogP contribution in [-0.2, 0) is 17.6 Å². The Bertz CT molecular complexity index is 1070. The molecule has 1 aliphatic heterocycles. The Morgan fingerprint density at radius 2 is 1.97 bits per heavy atom. The average Bonchev–Trinajstić information content (AvgIpc) is 3.31. The van der Waals surface area contributed by atoms with Crippen molar-refractivity contribution in [3.8, 4) is 5.75 Å². The highest BCUT2D eigenvalue weighted by Gasteiger charge is 2.26. The zero-order valence-electron chi connectivity index (χ0n) is 18.2. The summed E-state index contributed by atoms with van der Waals surface area (Å²) in [5.41, 5.74) is 2.22. The lowest BCUT2D eigenvalue weighted by atomic mass is 10.0. The molecule has 0 saturated carbocycles. The molecule has 2 heterocycles. The number of carbonyl (C=O) groups is 1. The molecule has 31 heavy (non-hydrogen) atoms. The number of rotatable bonds is 6. The highest BCUT2D eigenvalue weighted by Crippen LogP contribution is 2.32. The van der Waals surface area contributed by atoms with E-state index in [1.165, 1.54) is 4.90 Å². The van der Waals surface area contributed by atoms with Crippen LogP contribution in [0.3, 0.4) is 0 Å². The molecule has 1 amide bonds. The number of hydrogen-bond acceptors (Lipinski definition) is 6. The van der Waals surface area contributed by atoms with E-state index >= 15 is 0 Å². The standard InChI is InChI=1S/C21H27N5O4S/c1-6-13-8-9-15(18(27)17(13)21(28)26(4)5)23-20-19(24-31(29)25-20)22-14(7-2)16-10-12(3)11-30-16/h8-11,14,27H,6-7H2,1-5H3,(H,22,24)(H,23,25)/t14-,31?/m1/s1. The van der Waals surface area contributed by atoms with E-state index < -0.39 is 11.2 Å². The van der Waals surface area contributed by atoms with Crippen LogP contribution in [-0.4, -0.2) is 45.9 Å². The lowest BCUT2D eigenvalue weighted by molar-refractivity contribution is 0.0823. The van der Waals surface area contributed by atoms with Crippen LogP contribution in [0.25, 0.3) is 0 Å². The monoisotopic (exact) mass is 445 g/mol. The second-order valence-corrected chi connectivity index (χ2v) is 8.24. The van der Waals surface area contributed by atoms with E-state index in [0.717, 1.165) is 16.9 Å². The van der Waals surface area contributed by atoms with Crippen LogP contribution >= 0.6 is 0 Å². The number of hydrogen-bond donors (Lipinski definition) is 3. The zero-order valence-corrected chi connectivity index (χ0v) is 19.0. The largest absolute Gasteiger partial charge is 0.505 e. The number of amidine groups is 2. The predicted octanol–water partition coefficient (Wildman–Crippen LogP) is 3.10. The fraction of sp³-hybridized carbons (Fsp3) is 0.381. The van der Waals surface area contributed by atoms with Gasteiger partial charge in [0.1, 0.15) is 5.76 Å². The molecule has 1 aromatic carbocycles. The summed E-state index contributed by atoms with van der Waals surface area (Å²) in [5, 5.41) is 17.0. The number of phenolic OH excluding ortho intramolecular Hbond substituents is 1. The van der Waals surface area contributed by atoms with Gasteiger partial charge in [-0.3, -0.25) is 4.79 Å². The van der Waals surface area contributed by atoms with Gasteiger partial charge in [-0.05, 0) is 43.0 Å². The molecule has 1 aromatic heterocycles. The summed E-state index contributed by atoms with van der Waals surface area (Å²) in [6, 6.07) is 5.16. The molecule has 1 aliphatic rings. The van der Waals surface area contributed by atoms with E-state index in [1.807, 2.05) is 26.8 Å². The molecule has 10 heteroatoms. The summed E-state index contributed by atoms with van der Waals surface area (Å²) in [6.07, 6.45) is 2.95. The number of anilines is 1. The highest BCUT2D eigenvalue weighted by atomic mass is 32.2. The third-order valence-electron chi connectivity index (χ3n) is 4.89. The quantitative estimate of drug-likeness (QED) is 0.588. The van der Waals surface area contributed by atoms with E-state index in [4.69, 9.17) is 4.42 Å². The number of phenols is 1. The minimum absolute atomic E-state index is 0.188. The number of nitrogens with zero attached hydrogens (tertiary/aromatic N) is 3. The summed E-state index contributed by atoms with van der Waals surface area (Å²) in [7, 11) is 3.25. The topological polar surface area (TPSA) is 120 Å². The Kier molecular flexibility index (Phi) is 6.79. The van der Waals surface area contributed by atoms with Crippen molar-refractivity contribution in [1.29, 1.82) is 0 Å². The molecular formula is C21H27N5O4S. The molecule has 3 N–H and O–H groups in total. The van der Waals surface area contributed by atoms with Crippen LogP contribution in [0.5, 0.6) is 5.75 Å². The fourth-order valence-corrected chi connectivity index (χ4v) is 3.86. The number of carbonyl (C=O) groups excluding carboxylic acids is 1. The minimum Gasteiger partial charge on any atom is -0.505 e. The van der Waals surface area contributed by atoms with Crippen molar-refractivity contribution in [2.75, 3.05) is 19.4 Å². The van der Waals surface area contributed by atoms with Gasteiger partial charge in [-0.1, -0.05) is 19.9 Å². The van der Waals surface area contributed by atoms with Crippen molar-refractivity contribution >= 4 is 34.4 Å². The van der Waals surface area contributed by atoms with Crippen molar-refractivity contribution in [3.05, 3.63) is 46.9 Å². The summed E-state index contributed by atoms with van der Waals surface area (Å²) < 4.78 is 25.7. The second-order valence-electron chi connectivity index (χ2n) is 7.42. The number of aryl methyl sites for hydroxylation is 2. The Hall–Kier alpha value is -3.14. The summed E-state index contributed by atoms with van der Waals surface area (Å²) in [5.74, 6) is 0.739. The number of nitrogens with one attached hydrogen (secondary N) is 2. The number of aromatic hydroxyl groups is 1. The minimum atomic E-state index is -1.80. The molecule has 0 radical (unpaired) electrons. The third-order valence-corrected chi connectivity index (χ3v) is 5.57. The molecule has 0 spiro atoms. The number of benzene rings is 1. The maximum Gasteiger partial charge on any atom is 0.269 e. The van der Waals surface area contributed by atoms with Gasteiger partial charge in [-0.2, -0.15) is 0 Å². The van der Waals surface area contributed by atoms with E-state index in [1.54, 1.807) is 32.5 Å². The predicted molar refractivity (Wildman–Crippen MR) is 122 cm³/mol. The van der Waals surface area contributed by atoms with E-state index in [9.17, 15) is 14.1 Å². The van der Waals surface area contributed by atoms with Crippen molar-refractivity contribution in [2.45, 2.75) is 39.7 Å². The molecule has 0 fully saturated rings. The molecule has 3 rings (SSSR count). The first-order valence-corrected chi connectivity index (χ1v) is 11.1. The van der Waals surface area contributed by atoms with E-state index in [-0.39, 0.29) is 34.8 Å². The van der Waals surface area contributed by atoms with Crippen LogP contribution in [0, 0.1) is 6.92 Å². The lowest BCUT2D eigenvalue weighted by Gasteiger charge is -2.19. The first-order valence-electron chi connectivity index (χ1n) is 9.99. The normalized spacial score (nSPS) is 16.5. The summed E-state index contributed by atoms with van der Waals surface area (Å²) in [4.78, 5) is 14.0. The van der Waals surface area contributed by atoms with Gasteiger partial charge in [0.15, 0.2) is 17.4 Å². The molecule has 0 saturated heterocycles. The second kappa shape index (κ2) is 9.34. The Morgan fingerprint density at radius 1 is 1.26 bits per heavy atom. The SMILES string of the molecule is CCc1ccc(NC2=NS(=O)N=C2N[C@H](CC)c2cc(C)co2)c(O)c1C(=O)N(C)C. The molecule has 0 aliphatic carbocycles. The van der Waals surface area contributed by atoms with Crippen LogP contribution in [0.15, 0.2) is 37.7 Å². The molecule has 2 atom stereocenters. The van der Waals surface area contributed by atoms with Gasteiger partial charge in [0, 0.05) is 14.1 Å². The first kappa shape index (κ1) is 22.5. The molecule has 9 nitrogen and oxygen atoms in total. The Labute approximate surface area is 184 Å². The molecular weight excluding hydrogens is 418 g/mol. The average molecular weight is 446 g/mol. The van der Waals surface area contributed by atoms with Gasteiger partial charge in [0.05, 0.1) is 23.6 Å². The molecule has 2 aromatic rings. The van der Waals surface area contributed by atoms with E-state index in [2.05, 4.69) is 19.4 Å². The van der Waals surface area contributed by atoms with Gasteiger partial charge in [0.25, 0.3) is 17.1 Å². The van der Waals surface area contributed by atoms with Crippen molar-refractivity contribution in [3.63, 3.8) is 0 Å². The van der Waals surface area contributed by atoms with Gasteiger partial charge < -0.3 is 25.1 Å². The van der Waals surface area contributed by atoms with Crippen LogP contribution in [0.2, 0.25) is 0 Å². The van der Waals surface area contributed by atoms with Gasteiger partial charge in [-0.25, -0.2) is 4.21 Å². The molecule has 1 unspecified atom stereocenters. The maximum absolute atomic E-state index is 12.6. The van der Waals surface area contributed by atoms with Crippen molar-refractivity contribution in [2.24, 2.45) is 8.80 Å². The van der Waals surface area contributed by atoms with Gasteiger partial charge in [-0.15, -0.1) is 8.80 Å². The molecule has 166 valence electrons. The van der Waals surface area contributed by atoms with Crippen LogP contribution in [0.1, 0.15) is 53.6 Å². The number of furan rings is 1. The zero-order chi connectivity index (χ0) is 22.7. The van der Waals surface area contributed by atoms with Gasteiger partial charge in [0.2, 0.25) is 0 Å². The summed E-state index contributed by atoms with van der Waals surface area (Å²) in [6.45, 7) is 5.83. The number of amides is 1. The fourth-order valence-electron chi connectivity index (χ4n) is 3.23. The highest BCUT2D eigenvalue weighted by molar-refractivity contribution is 7.83. The van der Waals surface area contributed by atoms with Crippen LogP contribution < -0.4 is 10.6 Å².